The normalized spacial score (nSPS) is 14.2. The maximum Gasteiger partial charge on any atom is 0.282 e. The minimum atomic E-state index is -1.13. The zero-order chi connectivity index (χ0) is 19.0. The van der Waals surface area contributed by atoms with Crippen LogP contribution in [0.25, 0.3) is 0 Å². The van der Waals surface area contributed by atoms with Crippen LogP contribution in [0.15, 0.2) is 46.9 Å². The van der Waals surface area contributed by atoms with Gasteiger partial charge in [0.15, 0.2) is 0 Å². The SMILES string of the molecule is C[C@H](C(=O)Nc1ccc(Br)cc1)N1C(=O)c2cccc([N+](=O)[O-])c2C1=O. The zero-order valence-electron chi connectivity index (χ0n) is 13.4. The second-order valence-corrected chi connectivity index (χ2v) is 6.52. The largest absolute Gasteiger partial charge is 0.324 e. The van der Waals surface area contributed by atoms with Crippen molar-refractivity contribution in [1.29, 1.82) is 0 Å². The monoisotopic (exact) mass is 417 g/mol. The highest BCUT2D eigenvalue weighted by molar-refractivity contribution is 9.10. The van der Waals surface area contributed by atoms with E-state index < -0.39 is 34.4 Å². The number of nitro groups is 1. The van der Waals surface area contributed by atoms with Crippen LogP contribution < -0.4 is 5.32 Å². The number of hydrogen-bond donors (Lipinski definition) is 1. The van der Waals surface area contributed by atoms with Gasteiger partial charge in [-0.1, -0.05) is 22.0 Å². The van der Waals surface area contributed by atoms with E-state index in [0.717, 1.165) is 15.4 Å². The number of imide groups is 1. The van der Waals surface area contributed by atoms with Crippen molar-refractivity contribution in [3.8, 4) is 0 Å². The second kappa shape index (κ2) is 6.68. The van der Waals surface area contributed by atoms with E-state index in [0.29, 0.717) is 5.69 Å². The number of carbonyl (C=O) groups excluding carboxylic acids is 3. The number of anilines is 1. The van der Waals surface area contributed by atoms with Crippen molar-refractivity contribution in [2.75, 3.05) is 5.32 Å². The third-order valence-electron chi connectivity index (χ3n) is 4.00. The average molecular weight is 418 g/mol. The first-order valence-electron chi connectivity index (χ1n) is 7.53. The molecule has 0 fully saturated rings. The van der Waals surface area contributed by atoms with Crippen LogP contribution in [0.2, 0.25) is 0 Å². The van der Waals surface area contributed by atoms with E-state index >= 15 is 0 Å². The van der Waals surface area contributed by atoms with Gasteiger partial charge in [0.2, 0.25) is 5.91 Å². The number of nitrogens with one attached hydrogen (secondary N) is 1. The summed E-state index contributed by atoms with van der Waals surface area (Å²) in [6.45, 7) is 1.39. The van der Waals surface area contributed by atoms with Crippen LogP contribution >= 0.6 is 15.9 Å². The summed E-state index contributed by atoms with van der Waals surface area (Å²) in [6, 6.07) is 9.45. The standard InChI is InChI=1S/C17H12BrN3O5/c1-9(15(22)19-11-7-5-10(18)6-8-11)20-16(23)12-3-2-4-13(21(25)26)14(12)17(20)24/h2-9H,1H3,(H,19,22)/t9-/m1/s1. The smallest absolute Gasteiger partial charge is 0.282 e. The van der Waals surface area contributed by atoms with E-state index in [1.165, 1.54) is 19.1 Å². The third-order valence-corrected chi connectivity index (χ3v) is 4.53. The molecule has 2 aromatic rings. The Labute approximate surface area is 156 Å². The quantitative estimate of drug-likeness (QED) is 0.467. The van der Waals surface area contributed by atoms with Crippen LogP contribution in [0.5, 0.6) is 0 Å². The van der Waals surface area contributed by atoms with E-state index in [2.05, 4.69) is 21.2 Å². The molecule has 0 spiro atoms. The van der Waals surface area contributed by atoms with Gasteiger partial charge in [-0.3, -0.25) is 29.4 Å². The molecule has 1 aliphatic heterocycles. The maximum atomic E-state index is 12.6. The van der Waals surface area contributed by atoms with Gasteiger partial charge in [-0.05, 0) is 37.3 Å². The summed E-state index contributed by atoms with van der Waals surface area (Å²) in [5.74, 6) is -2.16. The van der Waals surface area contributed by atoms with Gasteiger partial charge in [0, 0.05) is 16.2 Å². The van der Waals surface area contributed by atoms with Crippen molar-refractivity contribution in [3.63, 3.8) is 0 Å². The Bertz CT molecular complexity index is 942. The molecule has 0 saturated heterocycles. The minimum Gasteiger partial charge on any atom is -0.324 e. The molecular formula is C17H12BrN3O5. The fraction of sp³-hybridized carbons (Fsp3) is 0.118. The third kappa shape index (κ3) is 2.97. The first-order chi connectivity index (χ1) is 12.3. The number of rotatable bonds is 4. The summed E-state index contributed by atoms with van der Waals surface area (Å²) in [6.07, 6.45) is 0. The van der Waals surface area contributed by atoms with E-state index in [1.54, 1.807) is 24.3 Å². The molecule has 132 valence electrons. The lowest BCUT2D eigenvalue weighted by molar-refractivity contribution is -0.385. The van der Waals surface area contributed by atoms with Crippen molar-refractivity contribution in [2.24, 2.45) is 0 Å². The molecule has 0 bridgehead atoms. The van der Waals surface area contributed by atoms with Crippen molar-refractivity contribution in [3.05, 3.63) is 68.2 Å². The Morgan fingerprint density at radius 1 is 1.15 bits per heavy atom. The van der Waals surface area contributed by atoms with Crippen molar-refractivity contribution < 1.29 is 19.3 Å². The molecule has 1 aliphatic rings. The zero-order valence-corrected chi connectivity index (χ0v) is 15.0. The molecule has 3 amide bonds. The molecule has 8 nitrogen and oxygen atoms in total. The highest BCUT2D eigenvalue weighted by Crippen LogP contribution is 2.32. The fourth-order valence-corrected chi connectivity index (χ4v) is 2.95. The molecule has 0 aromatic heterocycles. The Kier molecular flexibility index (Phi) is 4.56. The van der Waals surface area contributed by atoms with Gasteiger partial charge in [-0.15, -0.1) is 0 Å². The summed E-state index contributed by atoms with van der Waals surface area (Å²) in [5, 5.41) is 13.7. The molecule has 0 saturated carbocycles. The van der Waals surface area contributed by atoms with Gasteiger partial charge in [0.25, 0.3) is 17.5 Å². The van der Waals surface area contributed by atoms with Gasteiger partial charge in [0.1, 0.15) is 11.6 Å². The Morgan fingerprint density at radius 3 is 2.42 bits per heavy atom. The van der Waals surface area contributed by atoms with E-state index in [4.69, 9.17) is 0 Å². The molecule has 0 radical (unpaired) electrons. The molecule has 1 atom stereocenters. The van der Waals surface area contributed by atoms with Gasteiger partial charge < -0.3 is 5.32 Å². The van der Waals surface area contributed by atoms with Crippen LogP contribution in [0.3, 0.4) is 0 Å². The number of benzene rings is 2. The van der Waals surface area contributed by atoms with Crippen molar-refractivity contribution >= 4 is 45.0 Å². The number of carbonyl (C=O) groups is 3. The van der Waals surface area contributed by atoms with Crippen LogP contribution in [0.4, 0.5) is 11.4 Å². The van der Waals surface area contributed by atoms with Crippen LogP contribution in [0.1, 0.15) is 27.6 Å². The predicted molar refractivity (Wildman–Crippen MR) is 95.8 cm³/mol. The molecule has 1 N–H and O–H groups in total. The summed E-state index contributed by atoms with van der Waals surface area (Å²) in [4.78, 5) is 48.7. The topological polar surface area (TPSA) is 110 Å². The number of nitrogens with zero attached hydrogens (tertiary/aromatic N) is 2. The van der Waals surface area contributed by atoms with Crippen LogP contribution in [0, 0.1) is 10.1 Å². The minimum absolute atomic E-state index is 0.0764. The van der Waals surface area contributed by atoms with Gasteiger partial charge >= 0.3 is 0 Å². The van der Waals surface area contributed by atoms with E-state index in [-0.39, 0.29) is 11.1 Å². The molecule has 3 rings (SSSR count). The number of nitro benzene ring substituents is 1. The highest BCUT2D eigenvalue weighted by atomic mass is 79.9. The Morgan fingerprint density at radius 2 is 1.81 bits per heavy atom. The van der Waals surface area contributed by atoms with Gasteiger partial charge in [-0.2, -0.15) is 0 Å². The summed E-state index contributed by atoms with van der Waals surface area (Å²) < 4.78 is 0.830. The fourth-order valence-electron chi connectivity index (χ4n) is 2.69. The first kappa shape index (κ1) is 17.7. The van der Waals surface area contributed by atoms with Gasteiger partial charge in [-0.25, -0.2) is 0 Å². The Balaban J connectivity index is 1.87. The molecular weight excluding hydrogens is 406 g/mol. The first-order valence-corrected chi connectivity index (χ1v) is 8.32. The van der Waals surface area contributed by atoms with Gasteiger partial charge in [0.05, 0.1) is 10.5 Å². The predicted octanol–water partition coefficient (Wildman–Crippen LogP) is 2.98. The van der Waals surface area contributed by atoms with Crippen molar-refractivity contribution in [2.45, 2.75) is 13.0 Å². The summed E-state index contributed by atoms with van der Waals surface area (Å²) >= 11 is 3.28. The lowest BCUT2D eigenvalue weighted by atomic mass is 10.1. The second-order valence-electron chi connectivity index (χ2n) is 5.61. The average Bonchev–Trinajstić information content (AvgIpc) is 2.87. The number of amides is 3. The van der Waals surface area contributed by atoms with Crippen molar-refractivity contribution in [1.82, 2.24) is 4.90 Å². The molecule has 1 heterocycles. The molecule has 0 unspecified atom stereocenters. The lowest BCUT2D eigenvalue weighted by Crippen LogP contribution is -2.45. The van der Waals surface area contributed by atoms with Crippen LogP contribution in [-0.2, 0) is 4.79 Å². The highest BCUT2D eigenvalue weighted by Gasteiger charge is 2.44. The number of fused-ring (bicyclic) bond motifs is 1. The maximum absolute atomic E-state index is 12.6. The van der Waals surface area contributed by atoms with E-state index in [1.807, 2.05) is 0 Å². The molecule has 2 aromatic carbocycles. The van der Waals surface area contributed by atoms with Crippen LogP contribution in [-0.4, -0.2) is 33.6 Å². The lowest BCUT2D eigenvalue weighted by Gasteiger charge is -2.21. The molecule has 0 aliphatic carbocycles. The summed E-state index contributed by atoms with van der Waals surface area (Å²) in [7, 11) is 0. The number of hydrogen-bond acceptors (Lipinski definition) is 5. The number of halogens is 1. The molecule has 9 heteroatoms. The van der Waals surface area contributed by atoms with E-state index in [9.17, 15) is 24.5 Å². The Hall–Kier alpha value is -3.07. The molecule has 26 heavy (non-hydrogen) atoms. The summed E-state index contributed by atoms with van der Waals surface area (Å²) in [5.41, 5.74) is -0.324.